The molecule has 1 heterocycles. The molecule has 0 saturated carbocycles. The number of benzene rings is 2. The highest BCUT2D eigenvalue weighted by molar-refractivity contribution is 6.12. The summed E-state index contributed by atoms with van der Waals surface area (Å²) in [5.41, 5.74) is 2.76. The van der Waals surface area contributed by atoms with Gasteiger partial charge in [0.15, 0.2) is 5.78 Å². The van der Waals surface area contributed by atoms with E-state index in [2.05, 4.69) is 5.32 Å². The SMILES string of the molecule is COC(=O)[C@@H]1C(=O)C2=C(C[C@@H]1C)NC(C)=C(C(=O)OCc1ccc(OC)cc1)[C@@H]2c1cccc(F)c1. The number of esters is 2. The number of hydrogen-bond acceptors (Lipinski definition) is 7. The lowest BCUT2D eigenvalue weighted by Gasteiger charge is -2.38. The summed E-state index contributed by atoms with van der Waals surface area (Å²) in [5.74, 6) is -3.75. The van der Waals surface area contributed by atoms with Gasteiger partial charge in [0.05, 0.1) is 19.8 Å². The number of carbonyl (C=O) groups excluding carboxylic acids is 3. The molecule has 0 spiro atoms. The lowest BCUT2D eigenvalue weighted by atomic mass is 9.69. The third-order valence-electron chi connectivity index (χ3n) is 6.67. The van der Waals surface area contributed by atoms with Gasteiger partial charge in [0.2, 0.25) is 0 Å². The zero-order valence-electron chi connectivity index (χ0n) is 20.6. The summed E-state index contributed by atoms with van der Waals surface area (Å²) in [6.07, 6.45) is 0.401. The normalized spacial score (nSPS) is 21.5. The van der Waals surface area contributed by atoms with E-state index in [1.165, 1.54) is 25.3 Å². The minimum Gasteiger partial charge on any atom is -0.497 e. The van der Waals surface area contributed by atoms with Gasteiger partial charge in [-0.25, -0.2) is 9.18 Å². The smallest absolute Gasteiger partial charge is 0.337 e. The Morgan fingerprint density at radius 1 is 1.11 bits per heavy atom. The predicted molar refractivity (Wildman–Crippen MR) is 129 cm³/mol. The fourth-order valence-corrected chi connectivity index (χ4v) is 4.92. The second-order valence-corrected chi connectivity index (χ2v) is 9.01. The largest absolute Gasteiger partial charge is 0.497 e. The van der Waals surface area contributed by atoms with E-state index in [1.807, 2.05) is 0 Å². The lowest BCUT2D eigenvalue weighted by Crippen LogP contribution is -2.43. The zero-order valence-corrected chi connectivity index (χ0v) is 20.6. The van der Waals surface area contributed by atoms with Gasteiger partial charge >= 0.3 is 11.9 Å². The van der Waals surface area contributed by atoms with Crippen LogP contribution in [0.5, 0.6) is 5.75 Å². The first-order chi connectivity index (χ1) is 17.2. The van der Waals surface area contributed by atoms with E-state index in [9.17, 15) is 18.8 Å². The number of rotatable bonds is 6. The molecule has 1 aliphatic carbocycles. The van der Waals surface area contributed by atoms with Crippen molar-refractivity contribution in [3.63, 3.8) is 0 Å². The number of nitrogens with one attached hydrogen (secondary N) is 1. The summed E-state index contributed by atoms with van der Waals surface area (Å²) in [6.45, 7) is 3.53. The Hall–Kier alpha value is -3.94. The number of dihydropyridines is 1. The molecule has 0 amide bonds. The molecule has 2 aromatic rings. The van der Waals surface area contributed by atoms with Gasteiger partial charge in [-0.1, -0.05) is 31.2 Å². The monoisotopic (exact) mass is 493 g/mol. The molecule has 3 atom stereocenters. The van der Waals surface area contributed by atoms with Crippen molar-refractivity contribution in [2.75, 3.05) is 14.2 Å². The molecule has 2 aliphatic rings. The molecule has 0 saturated heterocycles. The summed E-state index contributed by atoms with van der Waals surface area (Å²) in [5, 5.41) is 3.19. The van der Waals surface area contributed by atoms with Crippen molar-refractivity contribution in [2.45, 2.75) is 32.8 Å². The van der Waals surface area contributed by atoms with E-state index >= 15 is 0 Å². The standard InChI is InChI=1S/C28H28FNO6/c1-15-12-21-25(26(31)22(15)27(32)35-4)24(18-6-5-7-19(29)13-18)23(16(2)30-21)28(33)36-14-17-8-10-20(34-3)11-9-17/h5-11,13,15,22,24,30H,12,14H2,1-4H3/t15-,22-,24-/m0/s1. The molecular weight excluding hydrogens is 465 g/mol. The van der Waals surface area contributed by atoms with Crippen LogP contribution >= 0.6 is 0 Å². The fraction of sp³-hybridized carbons (Fsp3) is 0.321. The van der Waals surface area contributed by atoms with Crippen LogP contribution in [0, 0.1) is 17.7 Å². The number of methoxy groups -OCH3 is 2. The van der Waals surface area contributed by atoms with Crippen molar-refractivity contribution in [2.24, 2.45) is 11.8 Å². The van der Waals surface area contributed by atoms with E-state index in [0.29, 0.717) is 29.1 Å². The molecule has 7 nitrogen and oxygen atoms in total. The highest BCUT2D eigenvalue weighted by Gasteiger charge is 2.47. The number of allylic oxidation sites excluding steroid dienone is 3. The average Bonchev–Trinajstić information content (AvgIpc) is 2.86. The number of Topliss-reactive ketones (excluding diaryl/α,β-unsaturated/α-hetero) is 1. The summed E-state index contributed by atoms with van der Waals surface area (Å²) in [6, 6.07) is 12.9. The highest BCUT2D eigenvalue weighted by Crippen LogP contribution is 2.45. The van der Waals surface area contributed by atoms with E-state index < -0.39 is 35.4 Å². The maximum Gasteiger partial charge on any atom is 0.337 e. The summed E-state index contributed by atoms with van der Waals surface area (Å²) >= 11 is 0. The minimum atomic E-state index is -1.01. The number of ketones is 1. The van der Waals surface area contributed by atoms with Crippen LogP contribution < -0.4 is 10.1 Å². The van der Waals surface area contributed by atoms with Crippen molar-refractivity contribution in [3.05, 3.63) is 88.0 Å². The van der Waals surface area contributed by atoms with Gasteiger partial charge in [-0.2, -0.15) is 0 Å². The number of hydrogen-bond donors (Lipinski definition) is 1. The molecule has 4 rings (SSSR count). The molecule has 8 heteroatoms. The molecule has 0 aromatic heterocycles. The van der Waals surface area contributed by atoms with Crippen LogP contribution in [0.2, 0.25) is 0 Å². The topological polar surface area (TPSA) is 90.9 Å². The molecule has 2 aromatic carbocycles. The Kier molecular flexibility index (Phi) is 7.24. The van der Waals surface area contributed by atoms with E-state index in [0.717, 1.165) is 5.56 Å². The van der Waals surface area contributed by atoms with Gasteiger partial charge in [0.25, 0.3) is 0 Å². The summed E-state index contributed by atoms with van der Waals surface area (Å²) < 4.78 is 30.0. The van der Waals surface area contributed by atoms with Crippen LogP contribution in [-0.4, -0.2) is 31.9 Å². The first kappa shape index (κ1) is 25.2. The molecule has 36 heavy (non-hydrogen) atoms. The van der Waals surface area contributed by atoms with Crippen LogP contribution in [0.15, 0.2) is 71.1 Å². The lowest BCUT2D eigenvalue weighted by molar-refractivity contribution is -0.151. The molecule has 0 fully saturated rings. The molecule has 1 N–H and O–H groups in total. The average molecular weight is 494 g/mol. The highest BCUT2D eigenvalue weighted by atomic mass is 19.1. The van der Waals surface area contributed by atoms with E-state index in [1.54, 1.807) is 51.3 Å². The third kappa shape index (κ3) is 4.76. The molecule has 0 bridgehead atoms. The summed E-state index contributed by atoms with van der Waals surface area (Å²) in [7, 11) is 2.80. The van der Waals surface area contributed by atoms with Crippen LogP contribution in [0.4, 0.5) is 4.39 Å². The number of ether oxygens (including phenoxy) is 3. The van der Waals surface area contributed by atoms with Gasteiger partial charge in [0.1, 0.15) is 24.1 Å². The zero-order chi connectivity index (χ0) is 26.0. The molecule has 0 unspecified atom stereocenters. The van der Waals surface area contributed by atoms with Crippen LogP contribution in [0.3, 0.4) is 0 Å². The van der Waals surface area contributed by atoms with Crippen molar-refractivity contribution >= 4 is 17.7 Å². The molecule has 1 aliphatic heterocycles. The van der Waals surface area contributed by atoms with Crippen LogP contribution in [-0.2, 0) is 30.5 Å². The van der Waals surface area contributed by atoms with Crippen LogP contribution in [0.25, 0.3) is 0 Å². The second kappa shape index (κ2) is 10.4. The van der Waals surface area contributed by atoms with Gasteiger partial charge in [-0.15, -0.1) is 0 Å². The minimum absolute atomic E-state index is 0.00283. The van der Waals surface area contributed by atoms with Crippen molar-refractivity contribution in [1.29, 1.82) is 0 Å². The van der Waals surface area contributed by atoms with E-state index in [-0.39, 0.29) is 23.7 Å². The molecule has 0 radical (unpaired) electrons. The van der Waals surface area contributed by atoms with Crippen molar-refractivity contribution in [1.82, 2.24) is 5.32 Å². The Balaban J connectivity index is 1.72. The Labute approximate surface area is 208 Å². The first-order valence-corrected chi connectivity index (χ1v) is 11.6. The Morgan fingerprint density at radius 2 is 1.83 bits per heavy atom. The molecular formula is C28H28FNO6. The third-order valence-corrected chi connectivity index (χ3v) is 6.67. The van der Waals surface area contributed by atoms with Gasteiger partial charge in [-0.05, 0) is 54.7 Å². The first-order valence-electron chi connectivity index (χ1n) is 11.6. The maximum absolute atomic E-state index is 14.3. The van der Waals surface area contributed by atoms with Gasteiger partial charge in [-0.3, -0.25) is 9.59 Å². The fourth-order valence-electron chi connectivity index (χ4n) is 4.92. The second-order valence-electron chi connectivity index (χ2n) is 9.01. The summed E-state index contributed by atoms with van der Waals surface area (Å²) in [4.78, 5) is 39.6. The van der Waals surface area contributed by atoms with E-state index in [4.69, 9.17) is 14.2 Å². The number of halogens is 1. The van der Waals surface area contributed by atoms with Crippen LogP contribution in [0.1, 0.15) is 37.3 Å². The predicted octanol–water partition coefficient (Wildman–Crippen LogP) is 4.19. The Bertz CT molecular complexity index is 1260. The number of carbonyl (C=O) groups is 3. The quantitative estimate of drug-likeness (QED) is 0.477. The van der Waals surface area contributed by atoms with Crippen molar-refractivity contribution in [3.8, 4) is 5.75 Å². The van der Waals surface area contributed by atoms with Gasteiger partial charge < -0.3 is 19.5 Å². The van der Waals surface area contributed by atoms with Gasteiger partial charge in [0, 0.05) is 22.9 Å². The van der Waals surface area contributed by atoms with Crippen molar-refractivity contribution < 1.29 is 33.0 Å². The maximum atomic E-state index is 14.3. The Morgan fingerprint density at radius 3 is 2.47 bits per heavy atom. The molecule has 188 valence electrons.